The van der Waals surface area contributed by atoms with Crippen molar-refractivity contribution in [3.8, 4) is 0 Å². The molecule has 0 aliphatic heterocycles. The number of nitrogens with two attached hydrogens (primary N) is 1. The van der Waals surface area contributed by atoms with Crippen molar-refractivity contribution < 1.29 is 19.5 Å². The molecule has 20 heavy (non-hydrogen) atoms. The van der Waals surface area contributed by atoms with Gasteiger partial charge in [-0.25, -0.2) is 0 Å². The molecule has 1 aromatic carbocycles. The van der Waals surface area contributed by atoms with Crippen molar-refractivity contribution in [3.05, 3.63) is 35.9 Å². The summed E-state index contributed by atoms with van der Waals surface area (Å²) in [6, 6.07) is 7.96. The van der Waals surface area contributed by atoms with Gasteiger partial charge in [0.2, 0.25) is 5.91 Å². The van der Waals surface area contributed by atoms with Gasteiger partial charge in [-0.3, -0.25) is 14.4 Å². The van der Waals surface area contributed by atoms with Crippen molar-refractivity contribution in [1.82, 2.24) is 5.32 Å². The number of carbonyl (C=O) groups is 3. The lowest BCUT2D eigenvalue weighted by Crippen LogP contribution is -2.44. The van der Waals surface area contributed by atoms with Crippen molar-refractivity contribution in [3.63, 3.8) is 0 Å². The molecule has 0 fully saturated rings. The molecule has 2 atom stereocenters. The Morgan fingerprint density at radius 2 is 2.10 bits per heavy atom. The van der Waals surface area contributed by atoms with Crippen LogP contribution in [0.25, 0.3) is 0 Å². The summed E-state index contributed by atoms with van der Waals surface area (Å²) >= 11 is 0. The zero-order valence-electron chi connectivity index (χ0n) is 11.1. The third kappa shape index (κ3) is 5.19. The summed E-state index contributed by atoms with van der Waals surface area (Å²) in [5.74, 6) is -2.01. The molecule has 6 nitrogen and oxygen atoms in total. The molecule has 0 saturated carbocycles. The zero-order chi connectivity index (χ0) is 15.1. The van der Waals surface area contributed by atoms with E-state index in [0.717, 1.165) is 5.56 Å². The monoisotopic (exact) mass is 277 g/mol. The number of aliphatic carboxylic acids is 1. The fourth-order valence-electron chi connectivity index (χ4n) is 1.71. The maximum atomic E-state index is 12.0. The molecule has 0 aromatic heterocycles. The third-order valence-corrected chi connectivity index (χ3v) is 2.70. The van der Waals surface area contributed by atoms with Crippen LogP contribution in [-0.2, 0) is 20.8 Å². The number of benzene rings is 1. The van der Waals surface area contributed by atoms with E-state index in [0.29, 0.717) is 0 Å². The van der Waals surface area contributed by atoms with E-state index < -0.39 is 23.8 Å². The van der Waals surface area contributed by atoms with Crippen LogP contribution < -0.4 is 11.1 Å². The number of nitrogens with one attached hydrogen (secondary N) is 1. The lowest BCUT2D eigenvalue weighted by molar-refractivity contribution is -0.140. The van der Waals surface area contributed by atoms with Crippen LogP contribution in [0.2, 0.25) is 0 Å². The average Bonchev–Trinajstić information content (AvgIpc) is 2.38. The second-order valence-corrected chi connectivity index (χ2v) is 4.46. The third-order valence-electron chi connectivity index (χ3n) is 2.70. The molecule has 0 spiro atoms. The highest BCUT2D eigenvalue weighted by Gasteiger charge is 2.24. The highest BCUT2D eigenvalue weighted by molar-refractivity contribution is 5.92. The highest BCUT2D eigenvalue weighted by atomic mass is 16.4. The Kier molecular flexibility index (Phi) is 5.86. The predicted octanol–water partition coefficient (Wildman–Crippen LogP) is -0.0949. The molecule has 1 aromatic rings. The van der Waals surface area contributed by atoms with Gasteiger partial charge in [0.05, 0.1) is 6.04 Å². The van der Waals surface area contributed by atoms with E-state index in [2.05, 4.69) is 11.4 Å². The molecular formula is C14H17N2O4. The first-order valence-corrected chi connectivity index (χ1v) is 6.14. The van der Waals surface area contributed by atoms with E-state index >= 15 is 0 Å². The summed E-state index contributed by atoms with van der Waals surface area (Å²) in [4.78, 5) is 33.8. The van der Waals surface area contributed by atoms with Crippen LogP contribution in [0.4, 0.5) is 0 Å². The SMILES string of the molecule is CC(=O)NC(Cc1[c]cccc1)C(=O)C[C@H](N)C(=O)O. The van der Waals surface area contributed by atoms with Crippen molar-refractivity contribution in [2.45, 2.75) is 31.8 Å². The number of ketones is 1. The zero-order valence-corrected chi connectivity index (χ0v) is 11.1. The number of Topliss-reactive ketones (excluding diaryl/α,β-unsaturated/α-hetero) is 1. The topological polar surface area (TPSA) is 109 Å². The van der Waals surface area contributed by atoms with Crippen LogP contribution in [0.1, 0.15) is 18.9 Å². The minimum Gasteiger partial charge on any atom is -0.480 e. The van der Waals surface area contributed by atoms with E-state index in [9.17, 15) is 14.4 Å². The number of amides is 1. The van der Waals surface area contributed by atoms with Gasteiger partial charge < -0.3 is 16.2 Å². The maximum Gasteiger partial charge on any atom is 0.320 e. The van der Waals surface area contributed by atoms with Crippen molar-refractivity contribution in [2.75, 3.05) is 0 Å². The molecular weight excluding hydrogens is 260 g/mol. The molecule has 1 amide bonds. The Bertz CT molecular complexity index is 487. The summed E-state index contributed by atoms with van der Waals surface area (Å²) in [7, 11) is 0. The van der Waals surface area contributed by atoms with Crippen LogP contribution in [0.15, 0.2) is 24.3 Å². The molecule has 0 bridgehead atoms. The van der Waals surface area contributed by atoms with Crippen molar-refractivity contribution >= 4 is 17.7 Å². The second kappa shape index (κ2) is 7.40. The van der Waals surface area contributed by atoms with Crippen molar-refractivity contribution in [2.24, 2.45) is 5.73 Å². The van der Waals surface area contributed by atoms with Gasteiger partial charge in [-0.05, 0) is 11.6 Å². The first-order valence-electron chi connectivity index (χ1n) is 6.14. The molecule has 1 unspecified atom stereocenters. The van der Waals surface area contributed by atoms with Gasteiger partial charge in [0.25, 0.3) is 0 Å². The fraction of sp³-hybridized carbons (Fsp3) is 0.357. The lowest BCUT2D eigenvalue weighted by Gasteiger charge is -2.17. The number of carboxylic acid groups (broad SMARTS) is 1. The summed E-state index contributed by atoms with van der Waals surface area (Å²) in [6.07, 6.45) is -0.0707. The lowest BCUT2D eigenvalue weighted by atomic mass is 9.98. The number of rotatable bonds is 7. The fourth-order valence-corrected chi connectivity index (χ4v) is 1.71. The van der Waals surface area contributed by atoms with Gasteiger partial charge in [-0.2, -0.15) is 0 Å². The molecule has 1 radical (unpaired) electrons. The van der Waals surface area contributed by atoms with E-state index in [-0.39, 0.29) is 18.7 Å². The Labute approximate surface area is 117 Å². The predicted molar refractivity (Wildman–Crippen MR) is 71.8 cm³/mol. The standard InChI is InChI=1S/C14H17N2O4/c1-9(17)16-12(7-10-5-3-2-4-6-10)13(18)8-11(15)14(19)20/h2-5,11-12H,7-8,15H2,1H3,(H,16,17)(H,19,20)/t11-,12?/m0/s1. The Balaban J connectivity index is 2.75. The molecule has 4 N–H and O–H groups in total. The Morgan fingerprint density at radius 3 is 2.60 bits per heavy atom. The largest absolute Gasteiger partial charge is 0.480 e. The number of hydrogen-bond donors (Lipinski definition) is 3. The smallest absolute Gasteiger partial charge is 0.320 e. The van der Waals surface area contributed by atoms with Crippen LogP contribution in [-0.4, -0.2) is 34.8 Å². The quantitative estimate of drug-likeness (QED) is 0.645. The van der Waals surface area contributed by atoms with Gasteiger partial charge >= 0.3 is 5.97 Å². The normalized spacial score (nSPS) is 13.3. The number of carboxylic acids is 1. The number of hydrogen-bond acceptors (Lipinski definition) is 4. The van der Waals surface area contributed by atoms with Crippen LogP contribution in [0.3, 0.4) is 0 Å². The van der Waals surface area contributed by atoms with Crippen LogP contribution in [0.5, 0.6) is 0 Å². The van der Waals surface area contributed by atoms with Gasteiger partial charge in [0.1, 0.15) is 6.04 Å². The summed E-state index contributed by atoms with van der Waals surface area (Å²) in [5.41, 5.74) is 6.09. The Hall–Kier alpha value is -2.21. The van der Waals surface area contributed by atoms with E-state index in [4.69, 9.17) is 10.8 Å². The first-order chi connectivity index (χ1) is 9.40. The van der Waals surface area contributed by atoms with Gasteiger partial charge in [0, 0.05) is 19.8 Å². The molecule has 0 saturated heterocycles. The molecule has 107 valence electrons. The highest BCUT2D eigenvalue weighted by Crippen LogP contribution is 2.06. The van der Waals surface area contributed by atoms with E-state index in [1.165, 1.54) is 6.92 Å². The summed E-state index contributed by atoms with van der Waals surface area (Å²) in [5, 5.41) is 11.2. The van der Waals surface area contributed by atoms with Gasteiger partial charge in [0.15, 0.2) is 5.78 Å². The number of carbonyl (C=O) groups excluding carboxylic acids is 2. The maximum absolute atomic E-state index is 12.0. The van der Waals surface area contributed by atoms with Gasteiger partial charge in [-0.15, -0.1) is 0 Å². The van der Waals surface area contributed by atoms with E-state index in [1.54, 1.807) is 24.3 Å². The minimum atomic E-state index is -1.27. The Morgan fingerprint density at radius 1 is 1.40 bits per heavy atom. The summed E-state index contributed by atoms with van der Waals surface area (Å²) < 4.78 is 0. The van der Waals surface area contributed by atoms with Crippen molar-refractivity contribution in [1.29, 1.82) is 0 Å². The first kappa shape index (κ1) is 15.8. The van der Waals surface area contributed by atoms with Gasteiger partial charge in [-0.1, -0.05) is 24.3 Å². The molecule has 0 aliphatic carbocycles. The average molecular weight is 277 g/mol. The minimum absolute atomic E-state index is 0.256. The molecule has 1 rings (SSSR count). The molecule has 0 aliphatic rings. The second-order valence-electron chi connectivity index (χ2n) is 4.46. The van der Waals surface area contributed by atoms with Crippen LogP contribution in [0, 0.1) is 6.07 Å². The van der Waals surface area contributed by atoms with Crippen LogP contribution >= 0.6 is 0 Å². The molecule has 6 heteroatoms. The molecule has 0 heterocycles. The van der Waals surface area contributed by atoms with E-state index in [1.807, 2.05) is 0 Å². The summed E-state index contributed by atoms with van der Waals surface area (Å²) in [6.45, 7) is 1.30.